The molecule has 0 aromatic heterocycles. The Balaban J connectivity index is 1.88. The summed E-state index contributed by atoms with van der Waals surface area (Å²) in [4.78, 5) is 15.0. The highest BCUT2D eigenvalue weighted by Gasteiger charge is 2.22. The summed E-state index contributed by atoms with van der Waals surface area (Å²) in [7, 11) is 0. The van der Waals surface area contributed by atoms with Gasteiger partial charge in [0.1, 0.15) is 0 Å². The highest BCUT2D eigenvalue weighted by Crippen LogP contribution is 2.16. The number of hydrogen-bond acceptors (Lipinski definition) is 1. The molecule has 3 heteroatoms. The van der Waals surface area contributed by atoms with Crippen LogP contribution in [0.1, 0.15) is 30.9 Å². The van der Waals surface area contributed by atoms with Gasteiger partial charge in [0.15, 0.2) is 0 Å². The molecule has 3 nitrogen and oxygen atoms in total. The summed E-state index contributed by atoms with van der Waals surface area (Å²) in [6.45, 7) is 2.63. The molecule has 1 unspecified atom stereocenters. The molecule has 3 aromatic carbocycles. The maximum absolute atomic E-state index is 13.2. The van der Waals surface area contributed by atoms with Crippen LogP contribution in [-0.2, 0) is 6.54 Å². The molecule has 0 saturated heterocycles. The molecule has 0 aliphatic heterocycles. The smallest absolute Gasteiger partial charge is 0.308 e. The van der Waals surface area contributed by atoms with Crippen LogP contribution in [0.25, 0.3) is 0 Å². The molecule has 0 radical (unpaired) electrons. The van der Waals surface area contributed by atoms with Gasteiger partial charge in [-0.15, -0.1) is 0 Å². The number of rotatable bonds is 6. The van der Waals surface area contributed by atoms with Crippen LogP contribution in [-0.4, -0.2) is 17.0 Å². The molecule has 29 heavy (non-hydrogen) atoms. The number of nitrogens with zero attached hydrogens (tertiary/aromatic N) is 1. The minimum atomic E-state index is -0.177. The third-order valence-electron chi connectivity index (χ3n) is 4.58. The molecule has 0 aliphatic rings. The van der Waals surface area contributed by atoms with Gasteiger partial charge in [-0.25, -0.2) is 4.79 Å². The quantitative estimate of drug-likeness (QED) is 0.526. The third kappa shape index (κ3) is 6.26. The van der Waals surface area contributed by atoms with E-state index in [2.05, 4.69) is 24.1 Å². The Bertz CT molecular complexity index is 944. The number of anilines is 1. The topological polar surface area (TPSA) is 32.3 Å². The summed E-state index contributed by atoms with van der Waals surface area (Å²) >= 11 is 0. The molecule has 2 amide bonds. The first-order chi connectivity index (χ1) is 14.3. The van der Waals surface area contributed by atoms with Gasteiger partial charge in [0.25, 0.3) is 0 Å². The van der Waals surface area contributed by atoms with Crippen molar-refractivity contribution >= 4 is 11.7 Å². The molecular formula is C26H26N2O. The average molecular weight is 383 g/mol. The summed E-state index contributed by atoms with van der Waals surface area (Å²) in [6, 6.07) is 29.2. The Hall–Kier alpha value is -3.51. The van der Waals surface area contributed by atoms with E-state index in [9.17, 15) is 4.79 Å². The average Bonchev–Trinajstić information content (AvgIpc) is 2.77. The molecule has 3 aromatic rings. The van der Waals surface area contributed by atoms with Crippen LogP contribution in [0.4, 0.5) is 10.5 Å². The van der Waals surface area contributed by atoms with Gasteiger partial charge < -0.3 is 10.2 Å². The fourth-order valence-electron chi connectivity index (χ4n) is 3.09. The number of amides is 2. The molecule has 0 aliphatic carbocycles. The second-order valence-electron chi connectivity index (χ2n) is 6.85. The fraction of sp³-hybridized carbons (Fsp3) is 0.192. The molecule has 0 spiro atoms. The Kier molecular flexibility index (Phi) is 7.48. The van der Waals surface area contributed by atoms with Gasteiger partial charge in [-0.3, -0.25) is 0 Å². The first-order valence-corrected chi connectivity index (χ1v) is 9.99. The number of carbonyl (C=O) groups is 1. The van der Waals surface area contributed by atoms with E-state index in [0.717, 1.165) is 29.7 Å². The van der Waals surface area contributed by atoms with Crippen molar-refractivity contribution in [2.45, 2.75) is 32.4 Å². The Morgan fingerprint density at radius 3 is 2.10 bits per heavy atom. The van der Waals surface area contributed by atoms with Gasteiger partial charge in [-0.2, -0.15) is 0 Å². The number of para-hydroxylation sites is 1. The van der Waals surface area contributed by atoms with Crippen LogP contribution < -0.4 is 5.32 Å². The Morgan fingerprint density at radius 1 is 0.897 bits per heavy atom. The minimum Gasteiger partial charge on any atom is -0.308 e. The van der Waals surface area contributed by atoms with Crippen molar-refractivity contribution in [3.05, 3.63) is 102 Å². The van der Waals surface area contributed by atoms with Crippen LogP contribution >= 0.6 is 0 Å². The summed E-state index contributed by atoms with van der Waals surface area (Å²) in [5, 5.41) is 3.02. The number of benzene rings is 3. The van der Waals surface area contributed by atoms with Crippen LogP contribution in [0.15, 0.2) is 91.0 Å². The third-order valence-corrected chi connectivity index (χ3v) is 4.58. The van der Waals surface area contributed by atoms with E-state index in [-0.39, 0.29) is 12.1 Å². The zero-order valence-electron chi connectivity index (χ0n) is 16.7. The van der Waals surface area contributed by atoms with Crippen molar-refractivity contribution < 1.29 is 4.79 Å². The lowest BCUT2D eigenvalue weighted by molar-refractivity contribution is 0.195. The lowest BCUT2D eigenvalue weighted by atomic mass is 10.1. The number of nitrogens with one attached hydrogen (secondary N) is 1. The Labute approximate surface area is 173 Å². The highest BCUT2D eigenvalue weighted by atomic mass is 16.2. The largest absolute Gasteiger partial charge is 0.323 e. The van der Waals surface area contributed by atoms with Gasteiger partial charge in [0.05, 0.1) is 6.04 Å². The SMILES string of the molecule is CCCC(C#Cc1ccccc1)N(Cc1ccccc1)C(=O)Nc1ccccc1. The maximum Gasteiger partial charge on any atom is 0.323 e. The van der Waals surface area contributed by atoms with E-state index in [1.807, 2.05) is 95.9 Å². The summed E-state index contributed by atoms with van der Waals surface area (Å²) in [5.74, 6) is 6.58. The van der Waals surface area contributed by atoms with Crippen molar-refractivity contribution in [1.29, 1.82) is 0 Å². The van der Waals surface area contributed by atoms with Gasteiger partial charge in [0.2, 0.25) is 0 Å². The standard InChI is InChI=1S/C26H26N2O/c1-2-12-25(20-19-22-13-6-3-7-14-22)28(21-23-15-8-4-9-16-23)26(29)27-24-17-10-5-11-18-24/h3-11,13-18,25H,2,12,21H2,1H3,(H,27,29). The fourth-order valence-corrected chi connectivity index (χ4v) is 3.09. The van der Waals surface area contributed by atoms with Crippen LogP contribution in [0.5, 0.6) is 0 Å². The first-order valence-electron chi connectivity index (χ1n) is 9.99. The van der Waals surface area contributed by atoms with E-state index in [0.29, 0.717) is 6.54 Å². The highest BCUT2D eigenvalue weighted by molar-refractivity contribution is 5.89. The summed E-state index contributed by atoms with van der Waals surface area (Å²) < 4.78 is 0. The molecule has 146 valence electrons. The van der Waals surface area contributed by atoms with Crippen LogP contribution in [0, 0.1) is 11.8 Å². The zero-order valence-corrected chi connectivity index (χ0v) is 16.7. The number of hydrogen-bond donors (Lipinski definition) is 1. The molecular weight excluding hydrogens is 356 g/mol. The van der Waals surface area contributed by atoms with Crippen molar-refractivity contribution in [2.24, 2.45) is 0 Å². The normalized spacial score (nSPS) is 11.1. The van der Waals surface area contributed by atoms with E-state index >= 15 is 0 Å². The second kappa shape index (κ2) is 10.7. The summed E-state index contributed by atoms with van der Waals surface area (Å²) in [6.07, 6.45) is 1.76. The van der Waals surface area contributed by atoms with Crippen molar-refractivity contribution in [3.63, 3.8) is 0 Å². The van der Waals surface area contributed by atoms with Crippen molar-refractivity contribution in [3.8, 4) is 11.8 Å². The van der Waals surface area contributed by atoms with Gasteiger partial charge in [-0.1, -0.05) is 91.9 Å². The monoisotopic (exact) mass is 382 g/mol. The summed E-state index contributed by atoms with van der Waals surface area (Å²) in [5.41, 5.74) is 2.82. The van der Waals surface area contributed by atoms with Gasteiger partial charge in [0, 0.05) is 17.8 Å². The van der Waals surface area contributed by atoms with Crippen molar-refractivity contribution in [2.75, 3.05) is 5.32 Å². The molecule has 1 N–H and O–H groups in total. The molecule has 0 bridgehead atoms. The Morgan fingerprint density at radius 2 is 1.48 bits per heavy atom. The lowest BCUT2D eigenvalue weighted by Gasteiger charge is -2.29. The molecule has 1 atom stereocenters. The predicted octanol–water partition coefficient (Wildman–Crippen LogP) is 5.94. The van der Waals surface area contributed by atoms with E-state index in [1.54, 1.807) is 0 Å². The zero-order chi connectivity index (χ0) is 20.3. The molecule has 0 fully saturated rings. The molecule has 0 heterocycles. The first kappa shape index (κ1) is 20.2. The van der Waals surface area contributed by atoms with E-state index in [4.69, 9.17) is 0 Å². The molecule has 3 rings (SSSR count). The van der Waals surface area contributed by atoms with Crippen LogP contribution in [0.3, 0.4) is 0 Å². The number of urea groups is 1. The maximum atomic E-state index is 13.2. The van der Waals surface area contributed by atoms with E-state index < -0.39 is 0 Å². The lowest BCUT2D eigenvalue weighted by Crippen LogP contribution is -2.41. The van der Waals surface area contributed by atoms with E-state index in [1.165, 1.54) is 0 Å². The predicted molar refractivity (Wildman–Crippen MR) is 119 cm³/mol. The van der Waals surface area contributed by atoms with Gasteiger partial charge >= 0.3 is 6.03 Å². The minimum absolute atomic E-state index is 0.138. The number of carbonyl (C=O) groups excluding carboxylic acids is 1. The molecule has 0 saturated carbocycles. The van der Waals surface area contributed by atoms with Gasteiger partial charge in [-0.05, 0) is 36.2 Å². The van der Waals surface area contributed by atoms with Crippen molar-refractivity contribution in [1.82, 2.24) is 4.90 Å². The van der Waals surface area contributed by atoms with Crippen LogP contribution in [0.2, 0.25) is 0 Å². The second-order valence-corrected chi connectivity index (χ2v) is 6.85.